The van der Waals surface area contributed by atoms with Crippen LogP contribution >= 0.6 is 0 Å². The Hall–Kier alpha value is -1.93. The maximum absolute atomic E-state index is 12.2. The van der Waals surface area contributed by atoms with Crippen molar-refractivity contribution in [3.05, 3.63) is 35.4 Å². The molecule has 1 saturated heterocycles. The quantitative estimate of drug-likeness (QED) is 0.720. The molecule has 1 aromatic carbocycles. The van der Waals surface area contributed by atoms with Crippen molar-refractivity contribution >= 4 is 21.7 Å². The Bertz CT molecular complexity index is 718. The average molecular weight is 369 g/mol. The van der Waals surface area contributed by atoms with Gasteiger partial charge < -0.3 is 14.4 Å². The molecule has 0 aromatic heterocycles. The number of amides is 1. The fourth-order valence-corrected chi connectivity index (χ4v) is 3.52. The van der Waals surface area contributed by atoms with Gasteiger partial charge in [-0.1, -0.05) is 12.1 Å². The molecule has 0 radical (unpaired) electrons. The van der Waals surface area contributed by atoms with Crippen LogP contribution in [0.5, 0.6) is 0 Å². The third-order valence-electron chi connectivity index (χ3n) is 3.72. The van der Waals surface area contributed by atoms with Gasteiger partial charge in [0.15, 0.2) is 16.4 Å². The van der Waals surface area contributed by atoms with Gasteiger partial charge in [-0.15, -0.1) is 0 Å². The molecule has 1 heterocycles. The van der Waals surface area contributed by atoms with E-state index in [2.05, 4.69) is 0 Å². The molecular weight excluding hydrogens is 346 g/mol. The molecule has 0 bridgehead atoms. The Balaban J connectivity index is 1.88. The first-order valence-electron chi connectivity index (χ1n) is 8.01. The van der Waals surface area contributed by atoms with E-state index < -0.39 is 15.8 Å². The molecule has 1 fully saturated rings. The summed E-state index contributed by atoms with van der Waals surface area (Å²) in [5, 5.41) is 0. The first kappa shape index (κ1) is 19.4. The maximum Gasteiger partial charge on any atom is 0.338 e. The van der Waals surface area contributed by atoms with Gasteiger partial charge in [0.2, 0.25) is 0 Å². The number of hydrogen-bond donors (Lipinski definition) is 0. The lowest BCUT2D eigenvalue weighted by molar-refractivity contribution is -0.146. The Kier molecular flexibility index (Phi) is 6.18. The van der Waals surface area contributed by atoms with Gasteiger partial charge in [-0.05, 0) is 31.5 Å². The van der Waals surface area contributed by atoms with Gasteiger partial charge in [-0.3, -0.25) is 4.79 Å². The number of hydrogen-bond acceptors (Lipinski definition) is 6. The number of ether oxygens (including phenoxy) is 2. The number of rotatable bonds is 5. The highest BCUT2D eigenvalue weighted by Crippen LogP contribution is 2.12. The first-order chi connectivity index (χ1) is 11.6. The molecule has 7 nitrogen and oxygen atoms in total. The summed E-state index contributed by atoms with van der Waals surface area (Å²) in [6.45, 7) is 4.39. The minimum Gasteiger partial charge on any atom is -0.452 e. The first-order valence-corrected chi connectivity index (χ1v) is 10.1. The molecule has 1 amide bonds. The summed E-state index contributed by atoms with van der Waals surface area (Å²) in [7, 11) is -3.13. The summed E-state index contributed by atoms with van der Waals surface area (Å²) in [5.41, 5.74) is 0.861. The third kappa shape index (κ3) is 6.13. The molecule has 0 aliphatic carbocycles. The van der Waals surface area contributed by atoms with Crippen molar-refractivity contribution in [1.29, 1.82) is 0 Å². The molecule has 1 aromatic rings. The molecule has 8 heteroatoms. The van der Waals surface area contributed by atoms with E-state index in [1.165, 1.54) is 12.1 Å². The Morgan fingerprint density at radius 2 is 1.72 bits per heavy atom. The predicted molar refractivity (Wildman–Crippen MR) is 91.9 cm³/mol. The highest BCUT2D eigenvalue weighted by atomic mass is 32.2. The van der Waals surface area contributed by atoms with Crippen LogP contribution in [0, 0.1) is 0 Å². The van der Waals surface area contributed by atoms with Gasteiger partial charge in [0.05, 0.1) is 23.5 Å². The normalized spacial score (nSPS) is 21.0. The third-order valence-corrected chi connectivity index (χ3v) is 4.58. The Labute approximate surface area is 147 Å². The van der Waals surface area contributed by atoms with Crippen molar-refractivity contribution in [2.24, 2.45) is 0 Å². The van der Waals surface area contributed by atoms with Gasteiger partial charge >= 0.3 is 5.97 Å². The SMILES string of the molecule is C[C@@H]1CN(C(=O)COC(=O)c2ccc(CS(C)(=O)=O)cc2)C[C@H](C)O1. The van der Waals surface area contributed by atoms with Crippen LogP contribution in [-0.2, 0) is 29.9 Å². The smallest absolute Gasteiger partial charge is 0.338 e. The summed E-state index contributed by atoms with van der Waals surface area (Å²) in [4.78, 5) is 25.8. The lowest BCUT2D eigenvalue weighted by atomic mass is 10.1. The number of benzene rings is 1. The van der Waals surface area contributed by atoms with Crippen LogP contribution in [0.4, 0.5) is 0 Å². The fraction of sp³-hybridized carbons (Fsp3) is 0.529. The zero-order valence-corrected chi connectivity index (χ0v) is 15.4. The molecule has 0 spiro atoms. The van der Waals surface area contributed by atoms with Crippen molar-refractivity contribution < 1.29 is 27.5 Å². The number of nitrogens with zero attached hydrogens (tertiary/aromatic N) is 1. The van der Waals surface area contributed by atoms with Crippen LogP contribution in [0.25, 0.3) is 0 Å². The van der Waals surface area contributed by atoms with E-state index in [0.717, 1.165) is 6.26 Å². The Morgan fingerprint density at radius 1 is 1.16 bits per heavy atom. The monoisotopic (exact) mass is 369 g/mol. The second-order valence-corrected chi connectivity index (χ2v) is 8.54. The van der Waals surface area contributed by atoms with Crippen molar-refractivity contribution in [3.8, 4) is 0 Å². The predicted octanol–water partition coefficient (Wildman–Crippen LogP) is 1.02. The van der Waals surface area contributed by atoms with Crippen molar-refractivity contribution in [1.82, 2.24) is 4.90 Å². The summed E-state index contributed by atoms with van der Waals surface area (Å²) in [5.74, 6) is -0.966. The van der Waals surface area contributed by atoms with E-state index >= 15 is 0 Å². The van der Waals surface area contributed by atoms with Crippen LogP contribution in [0.2, 0.25) is 0 Å². The number of carbonyl (C=O) groups excluding carboxylic acids is 2. The molecule has 1 aliphatic heterocycles. The molecule has 0 saturated carbocycles. The van der Waals surface area contributed by atoms with Crippen molar-refractivity contribution in [2.75, 3.05) is 26.0 Å². The molecule has 0 N–H and O–H groups in total. The number of carbonyl (C=O) groups is 2. The molecule has 25 heavy (non-hydrogen) atoms. The van der Waals surface area contributed by atoms with E-state index in [9.17, 15) is 18.0 Å². The van der Waals surface area contributed by atoms with E-state index in [0.29, 0.717) is 18.7 Å². The average Bonchev–Trinajstić information content (AvgIpc) is 2.50. The van der Waals surface area contributed by atoms with Crippen LogP contribution < -0.4 is 0 Å². The van der Waals surface area contributed by atoms with Crippen LogP contribution in [0.15, 0.2) is 24.3 Å². The molecular formula is C17H23NO6S. The second kappa shape index (κ2) is 7.97. The van der Waals surface area contributed by atoms with Gasteiger partial charge in [0.25, 0.3) is 5.91 Å². The highest BCUT2D eigenvalue weighted by Gasteiger charge is 2.26. The molecule has 138 valence electrons. The zero-order valence-electron chi connectivity index (χ0n) is 14.6. The number of morpholine rings is 1. The number of esters is 1. The molecule has 0 unspecified atom stereocenters. The second-order valence-electron chi connectivity index (χ2n) is 6.40. The van der Waals surface area contributed by atoms with Crippen LogP contribution in [0.1, 0.15) is 29.8 Å². The van der Waals surface area contributed by atoms with Gasteiger partial charge in [-0.2, -0.15) is 0 Å². The van der Waals surface area contributed by atoms with E-state index in [1.54, 1.807) is 17.0 Å². The summed E-state index contributed by atoms with van der Waals surface area (Å²) < 4.78 is 33.1. The lowest BCUT2D eigenvalue weighted by Gasteiger charge is -2.35. The van der Waals surface area contributed by atoms with Gasteiger partial charge in [0, 0.05) is 19.3 Å². The Morgan fingerprint density at radius 3 is 2.24 bits per heavy atom. The lowest BCUT2D eigenvalue weighted by Crippen LogP contribution is -2.49. The summed E-state index contributed by atoms with van der Waals surface area (Å²) >= 11 is 0. The highest BCUT2D eigenvalue weighted by molar-refractivity contribution is 7.89. The van der Waals surface area contributed by atoms with E-state index in [1.807, 2.05) is 13.8 Å². The van der Waals surface area contributed by atoms with E-state index in [-0.39, 0.29) is 36.0 Å². The summed E-state index contributed by atoms with van der Waals surface area (Å²) in [6, 6.07) is 6.11. The zero-order chi connectivity index (χ0) is 18.6. The van der Waals surface area contributed by atoms with Gasteiger partial charge in [-0.25, -0.2) is 13.2 Å². The minimum absolute atomic E-state index is 0.0502. The largest absolute Gasteiger partial charge is 0.452 e. The van der Waals surface area contributed by atoms with Gasteiger partial charge in [0.1, 0.15) is 0 Å². The van der Waals surface area contributed by atoms with Crippen LogP contribution in [0.3, 0.4) is 0 Å². The standard InChI is InChI=1S/C17H23NO6S/c1-12-8-18(9-13(2)24-12)16(19)10-23-17(20)15-6-4-14(5-7-15)11-25(3,21)22/h4-7,12-13H,8-11H2,1-3H3/t12-,13+. The van der Waals surface area contributed by atoms with Crippen LogP contribution in [-0.4, -0.2) is 63.4 Å². The topological polar surface area (TPSA) is 90.0 Å². The maximum atomic E-state index is 12.2. The summed E-state index contributed by atoms with van der Waals surface area (Å²) in [6.07, 6.45) is 1.05. The molecule has 1 aliphatic rings. The fourth-order valence-electron chi connectivity index (χ4n) is 2.72. The molecule has 2 rings (SSSR count). The van der Waals surface area contributed by atoms with E-state index in [4.69, 9.17) is 9.47 Å². The van der Waals surface area contributed by atoms with Crippen molar-refractivity contribution in [3.63, 3.8) is 0 Å². The van der Waals surface area contributed by atoms with Crippen molar-refractivity contribution in [2.45, 2.75) is 31.8 Å². The number of sulfone groups is 1. The molecule has 2 atom stereocenters. The minimum atomic E-state index is -3.13.